The van der Waals surface area contributed by atoms with Crippen molar-refractivity contribution in [1.29, 1.82) is 0 Å². The summed E-state index contributed by atoms with van der Waals surface area (Å²) in [5.74, 6) is 1.62. The van der Waals surface area contributed by atoms with E-state index in [4.69, 9.17) is 28.6 Å². The summed E-state index contributed by atoms with van der Waals surface area (Å²) < 4.78 is 6.82. The number of para-hydroxylation sites is 1. The second-order valence-electron chi connectivity index (χ2n) is 7.50. The lowest BCUT2D eigenvalue weighted by atomic mass is 10.0. The Balaban J connectivity index is 1.48. The molecule has 0 amide bonds. The second-order valence-corrected chi connectivity index (χ2v) is 9.63. The van der Waals surface area contributed by atoms with Gasteiger partial charge in [-0.15, -0.1) is 11.3 Å². The molecule has 7 heteroatoms. The van der Waals surface area contributed by atoms with Crippen LogP contribution in [-0.4, -0.2) is 10.1 Å². The van der Waals surface area contributed by atoms with Crippen molar-refractivity contribution in [3.8, 4) is 11.5 Å². The molecular weight excluding hydrogens is 458 g/mol. The molecule has 0 saturated carbocycles. The van der Waals surface area contributed by atoms with Gasteiger partial charge in [0.2, 0.25) is 0 Å². The number of aryl methyl sites for hydroxylation is 1. The monoisotopic (exact) mass is 477 g/mol. The molecule has 3 heterocycles. The van der Waals surface area contributed by atoms with Crippen molar-refractivity contribution in [3.05, 3.63) is 106 Å². The van der Waals surface area contributed by atoms with E-state index in [0.717, 1.165) is 37.7 Å². The summed E-state index contributed by atoms with van der Waals surface area (Å²) in [5.41, 5.74) is 3.01. The first-order chi connectivity index (χ1) is 15.6. The number of thiophene rings is 1. The van der Waals surface area contributed by atoms with Crippen LogP contribution < -0.4 is 15.0 Å². The van der Waals surface area contributed by atoms with Crippen LogP contribution in [0.4, 0.5) is 5.69 Å². The molecular formula is C25H20ClN3OS2. The molecule has 1 aliphatic rings. The molecule has 1 N–H and O–H groups in total. The lowest BCUT2D eigenvalue weighted by molar-refractivity contribution is 0.479. The van der Waals surface area contributed by atoms with Gasteiger partial charge in [0, 0.05) is 16.8 Å². The van der Waals surface area contributed by atoms with Crippen molar-refractivity contribution in [2.45, 2.75) is 19.0 Å². The van der Waals surface area contributed by atoms with Crippen molar-refractivity contribution >= 4 is 46.0 Å². The molecule has 0 spiro atoms. The van der Waals surface area contributed by atoms with E-state index < -0.39 is 0 Å². The minimum atomic E-state index is -0.0821. The predicted octanol–water partition coefficient (Wildman–Crippen LogP) is 7.07. The van der Waals surface area contributed by atoms with E-state index in [-0.39, 0.29) is 12.1 Å². The third kappa shape index (κ3) is 4.09. The lowest BCUT2D eigenvalue weighted by Crippen LogP contribution is -2.28. The molecule has 5 rings (SSSR count). The topological polar surface area (TPSA) is 37.4 Å². The number of thiocarbonyl (C=S) groups is 1. The van der Waals surface area contributed by atoms with E-state index in [1.807, 2.05) is 79.7 Å². The number of hydrogen-bond acceptors (Lipinski definition) is 4. The van der Waals surface area contributed by atoms with Crippen molar-refractivity contribution < 1.29 is 4.74 Å². The van der Waals surface area contributed by atoms with Crippen molar-refractivity contribution in [1.82, 2.24) is 10.3 Å². The van der Waals surface area contributed by atoms with Gasteiger partial charge >= 0.3 is 0 Å². The summed E-state index contributed by atoms with van der Waals surface area (Å²) in [4.78, 5) is 7.83. The highest BCUT2D eigenvalue weighted by atomic mass is 35.5. The summed E-state index contributed by atoms with van der Waals surface area (Å²) in [5, 5.41) is 4.12. The first kappa shape index (κ1) is 20.9. The molecule has 0 bridgehead atoms. The second kappa shape index (κ2) is 8.90. The average molecular weight is 478 g/mol. The Labute approximate surface area is 201 Å². The number of pyridine rings is 1. The number of anilines is 1. The smallest absolute Gasteiger partial charge is 0.174 e. The van der Waals surface area contributed by atoms with Gasteiger partial charge in [-0.2, -0.15) is 0 Å². The van der Waals surface area contributed by atoms with E-state index in [1.165, 1.54) is 0 Å². The van der Waals surface area contributed by atoms with Crippen LogP contribution in [0.5, 0.6) is 11.5 Å². The molecule has 2 atom stereocenters. The van der Waals surface area contributed by atoms with E-state index in [9.17, 15) is 0 Å². The molecule has 0 radical (unpaired) electrons. The number of nitrogens with zero attached hydrogens (tertiary/aromatic N) is 2. The van der Waals surface area contributed by atoms with Crippen LogP contribution in [0, 0.1) is 6.92 Å². The summed E-state index contributed by atoms with van der Waals surface area (Å²) in [6, 6.07) is 25.8. The Morgan fingerprint density at radius 3 is 2.47 bits per heavy atom. The minimum absolute atomic E-state index is 0.0574. The fraction of sp³-hybridized carbons (Fsp3) is 0.120. The maximum absolute atomic E-state index is 6.29. The highest BCUT2D eigenvalue weighted by molar-refractivity contribution is 7.80. The first-order valence-corrected chi connectivity index (χ1v) is 11.8. The predicted molar refractivity (Wildman–Crippen MR) is 135 cm³/mol. The number of ether oxygens (including phenoxy) is 1. The van der Waals surface area contributed by atoms with Crippen LogP contribution >= 0.6 is 35.2 Å². The van der Waals surface area contributed by atoms with Crippen LogP contribution in [-0.2, 0) is 0 Å². The lowest BCUT2D eigenvalue weighted by Gasteiger charge is -2.27. The normalized spacial score (nSPS) is 17.9. The SMILES string of the molecule is Cc1ccccc1Oc1ccc(N2C(=S)N[C@H](c3ccccn3)[C@H]2c2ccc(Cl)s2)cc1. The van der Waals surface area contributed by atoms with Gasteiger partial charge in [0.25, 0.3) is 0 Å². The molecule has 2 aromatic heterocycles. The Bertz CT molecular complexity index is 1240. The molecule has 2 aromatic carbocycles. The quantitative estimate of drug-likeness (QED) is 0.311. The average Bonchev–Trinajstić information content (AvgIpc) is 3.39. The van der Waals surface area contributed by atoms with Crippen molar-refractivity contribution in [2.24, 2.45) is 0 Å². The van der Waals surface area contributed by atoms with Gasteiger partial charge in [0.1, 0.15) is 11.5 Å². The zero-order valence-electron chi connectivity index (χ0n) is 17.2. The number of rotatable bonds is 5. The van der Waals surface area contributed by atoms with Crippen LogP contribution in [0.25, 0.3) is 0 Å². The third-order valence-corrected chi connectivity index (χ3v) is 7.04. The van der Waals surface area contributed by atoms with Gasteiger partial charge in [0.05, 0.1) is 22.1 Å². The fourth-order valence-electron chi connectivity index (χ4n) is 3.88. The number of aromatic nitrogens is 1. The number of hydrogen-bond donors (Lipinski definition) is 1. The Kier molecular flexibility index (Phi) is 5.83. The molecule has 1 aliphatic heterocycles. The largest absolute Gasteiger partial charge is 0.457 e. The van der Waals surface area contributed by atoms with Crippen LogP contribution in [0.2, 0.25) is 4.34 Å². The van der Waals surface area contributed by atoms with Gasteiger partial charge in [0.15, 0.2) is 5.11 Å². The molecule has 32 heavy (non-hydrogen) atoms. The van der Waals surface area contributed by atoms with Crippen LogP contribution in [0.15, 0.2) is 85.1 Å². The highest BCUT2D eigenvalue weighted by Gasteiger charge is 2.41. The fourth-order valence-corrected chi connectivity index (χ4v) is 5.42. The van der Waals surface area contributed by atoms with E-state index in [0.29, 0.717) is 5.11 Å². The van der Waals surface area contributed by atoms with Gasteiger partial charge in [-0.05, 0) is 79.3 Å². The highest BCUT2D eigenvalue weighted by Crippen LogP contribution is 2.44. The number of benzene rings is 2. The minimum Gasteiger partial charge on any atom is -0.457 e. The third-order valence-electron chi connectivity index (χ3n) is 5.42. The molecule has 4 aromatic rings. The van der Waals surface area contributed by atoms with E-state index in [2.05, 4.69) is 21.3 Å². The summed E-state index contributed by atoms with van der Waals surface area (Å²) in [7, 11) is 0. The van der Waals surface area contributed by atoms with Crippen LogP contribution in [0.3, 0.4) is 0 Å². The summed E-state index contributed by atoms with van der Waals surface area (Å²) >= 11 is 13.6. The molecule has 4 nitrogen and oxygen atoms in total. The summed E-state index contributed by atoms with van der Waals surface area (Å²) in [6.45, 7) is 2.03. The Morgan fingerprint density at radius 2 is 1.78 bits per heavy atom. The van der Waals surface area contributed by atoms with Crippen LogP contribution in [0.1, 0.15) is 28.2 Å². The van der Waals surface area contributed by atoms with Crippen molar-refractivity contribution in [2.75, 3.05) is 4.90 Å². The maximum atomic E-state index is 6.29. The van der Waals surface area contributed by atoms with Crippen molar-refractivity contribution in [3.63, 3.8) is 0 Å². The van der Waals surface area contributed by atoms with Gasteiger partial charge in [-0.3, -0.25) is 4.98 Å². The maximum Gasteiger partial charge on any atom is 0.174 e. The van der Waals surface area contributed by atoms with Gasteiger partial charge in [-0.1, -0.05) is 35.9 Å². The molecule has 0 unspecified atom stereocenters. The molecule has 0 aliphatic carbocycles. The number of halogens is 1. The molecule has 1 fully saturated rings. The zero-order chi connectivity index (χ0) is 22.1. The van der Waals surface area contributed by atoms with Gasteiger partial charge < -0.3 is 15.0 Å². The van der Waals surface area contributed by atoms with E-state index in [1.54, 1.807) is 17.5 Å². The zero-order valence-corrected chi connectivity index (χ0v) is 19.6. The Hall–Kier alpha value is -2.93. The molecule has 1 saturated heterocycles. The standard InChI is InChI=1S/C25H20ClN3OS2/c1-16-6-2-3-8-20(16)30-18-11-9-17(10-12-18)29-24(21-13-14-22(26)32-21)23(28-25(29)31)19-7-4-5-15-27-19/h2-15,23-24H,1H3,(H,28,31)/t23-,24-/m1/s1. The van der Waals surface area contributed by atoms with Gasteiger partial charge in [-0.25, -0.2) is 0 Å². The Morgan fingerprint density at radius 1 is 1.00 bits per heavy atom. The summed E-state index contributed by atoms with van der Waals surface area (Å²) in [6.07, 6.45) is 1.80. The van der Waals surface area contributed by atoms with E-state index >= 15 is 0 Å². The first-order valence-electron chi connectivity index (χ1n) is 10.2. The molecule has 160 valence electrons. The number of nitrogens with one attached hydrogen (secondary N) is 1.